The third-order valence-corrected chi connectivity index (χ3v) is 2.25. The molecular weight excluding hydrogens is 196 g/mol. The second-order valence-electron chi connectivity index (χ2n) is 3.18. The van der Waals surface area contributed by atoms with Crippen molar-refractivity contribution in [2.75, 3.05) is 5.88 Å². The van der Waals surface area contributed by atoms with Crippen molar-refractivity contribution in [3.8, 4) is 0 Å². The standard InChI is InChI=1S/C12H13ClO/c1-9-5-6-12(10(2)14)8-11(9)4-3-7-13/h3-6,8H,7H2,1-2H3. The van der Waals surface area contributed by atoms with Crippen molar-refractivity contribution >= 4 is 23.5 Å². The number of alkyl halides is 1. The molecule has 0 saturated carbocycles. The summed E-state index contributed by atoms with van der Waals surface area (Å²) in [6.07, 6.45) is 3.81. The lowest BCUT2D eigenvalue weighted by Crippen LogP contribution is -1.93. The molecule has 1 aromatic carbocycles. The largest absolute Gasteiger partial charge is 0.295 e. The number of carbonyl (C=O) groups excluding carboxylic acids is 1. The Labute approximate surface area is 89.4 Å². The number of hydrogen-bond donors (Lipinski definition) is 0. The van der Waals surface area contributed by atoms with E-state index in [2.05, 4.69) is 0 Å². The molecule has 14 heavy (non-hydrogen) atoms. The predicted octanol–water partition coefficient (Wildman–Crippen LogP) is 3.45. The summed E-state index contributed by atoms with van der Waals surface area (Å²) >= 11 is 5.55. The van der Waals surface area contributed by atoms with Crippen molar-refractivity contribution in [3.63, 3.8) is 0 Å². The Morgan fingerprint density at radius 1 is 1.50 bits per heavy atom. The number of allylic oxidation sites excluding steroid dienone is 1. The summed E-state index contributed by atoms with van der Waals surface area (Å²) in [5, 5.41) is 0. The highest BCUT2D eigenvalue weighted by Crippen LogP contribution is 2.13. The molecule has 0 saturated heterocycles. The van der Waals surface area contributed by atoms with Crippen LogP contribution in [0.1, 0.15) is 28.4 Å². The molecule has 0 fully saturated rings. The second kappa shape index (κ2) is 4.97. The van der Waals surface area contributed by atoms with Crippen molar-refractivity contribution in [1.29, 1.82) is 0 Å². The number of benzene rings is 1. The maximum Gasteiger partial charge on any atom is 0.159 e. The molecule has 1 rings (SSSR count). The third-order valence-electron chi connectivity index (χ3n) is 2.07. The van der Waals surface area contributed by atoms with Gasteiger partial charge in [0, 0.05) is 11.4 Å². The van der Waals surface area contributed by atoms with Gasteiger partial charge < -0.3 is 0 Å². The summed E-state index contributed by atoms with van der Waals surface area (Å²) in [5.41, 5.74) is 2.94. The number of ketones is 1. The lowest BCUT2D eigenvalue weighted by Gasteiger charge is -2.02. The van der Waals surface area contributed by atoms with Gasteiger partial charge >= 0.3 is 0 Å². The van der Waals surface area contributed by atoms with Crippen LogP contribution in [0.15, 0.2) is 24.3 Å². The Morgan fingerprint density at radius 2 is 2.21 bits per heavy atom. The fourth-order valence-corrected chi connectivity index (χ4v) is 1.30. The smallest absolute Gasteiger partial charge is 0.159 e. The van der Waals surface area contributed by atoms with E-state index in [1.165, 1.54) is 0 Å². The Morgan fingerprint density at radius 3 is 2.79 bits per heavy atom. The maximum absolute atomic E-state index is 11.1. The van der Waals surface area contributed by atoms with E-state index in [0.717, 1.165) is 16.7 Å². The van der Waals surface area contributed by atoms with Gasteiger partial charge in [0.1, 0.15) is 0 Å². The minimum atomic E-state index is 0.0884. The first-order valence-corrected chi connectivity index (χ1v) is 5.02. The highest BCUT2D eigenvalue weighted by atomic mass is 35.5. The molecular formula is C12H13ClO. The van der Waals surface area contributed by atoms with Crippen molar-refractivity contribution < 1.29 is 4.79 Å². The number of hydrogen-bond acceptors (Lipinski definition) is 1. The normalized spacial score (nSPS) is 10.8. The lowest BCUT2D eigenvalue weighted by atomic mass is 10.0. The predicted molar refractivity (Wildman–Crippen MR) is 60.9 cm³/mol. The van der Waals surface area contributed by atoms with Crippen LogP contribution in [0.5, 0.6) is 0 Å². The average Bonchev–Trinajstić information content (AvgIpc) is 2.16. The molecule has 0 amide bonds. The zero-order valence-electron chi connectivity index (χ0n) is 8.38. The van der Waals surface area contributed by atoms with Crippen LogP contribution < -0.4 is 0 Å². The first kappa shape index (κ1) is 11.0. The zero-order valence-corrected chi connectivity index (χ0v) is 9.14. The molecule has 0 radical (unpaired) electrons. The Hall–Kier alpha value is -1.08. The van der Waals surface area contributed by atoms with Crippen molar-refractivity contribution in [1.82, 2.24) is 0 Å². The molecule has 0 aliphatic rings. The van der Waals surface area contributed by atoms with Crippen molar-refractivity contribution in [3.05, 3.63) is 41.0 Å². The van der Waals surface area contributed by atoms with Gasteiger partial charge in [-0.3, -0.25) is 4.79 Å². The summed E-state index contributed by atoms with van der Waals surface area (Å²) in [6, 6.07) is 5.68. The molecule has 0 unspecified atom stereocenters. The van der Waals surface area contributed by atoms with E-state index in [4.69, 9.17) is 11.6 Å². The van der Waals surface area contributed by atoms with E-state index in [1.807, 2.05) is 37.3 Å². The molecule has 74 valence electrons. The second-order valence-corrected chi connectivity index (χ2v) is 3.49. The van der Waals surface area contributed by atoms with E-state index in [1.54, 1.807) is 6.92 Å². The zero-order chi connectivity index (χ0) is 10.6. The minimum absolute atomic E-state index is 0.0884. The Kier molecular flexibility index (Phi) is 3.90. The SMILES string of the molecule is CC(=O)c1ccc(C)c(C=CCCl)c1. The van der Waals surface area contributed by atoms with Gasteiger partial charge in [-0.1, -0.05) is 24.3 Å². The van der Waals surface area contributed by atoms with Gasteiger partial charge in [-0.25, -0.2) is 0 Å². The molecule has 0 bridgehead atoms. The fraction of sp³-hybridized carbons (Fsp3) is 0.250. The van der Waals surface area contributed by atoms with Crippen molar-refractivity contribution in [2.24, 2.45) is 0 Å². The molecule has 0 aromatic heterocycles. The third kappa shape index (κ3) is 2.71. The monoisotopic (exact) mass is 208 g/mol. The van der Waals surface area contributed by atoms with E-state index in [0.29, 0.717) is 5.88 Å². The number of halogens is 1. The molecule has 0 aliphatic heterocycles. The number of carbonyl (C=O) groups is 1. The van der Waals surface area contributed by atoms with E-state index in [-0.39, 0.29) is 5.78 Å². The molecule has 2 heteroatoms. The maximum atomic E-state index is 11.1. The van der Waals surface area contributed by atoms with Crippen LogP contribution in [0.25, 0.3) is 6.08 Å². The quantitative estimate of drug-likeness (QED) is 0.549. The topological polar surface area (TPSA) is 17.1 Å². The van der Waals surface area contributed by atoms with Crippen LogP contribution in [0.2, 0.25) is 0 Å². The summed E-state index contributed by atoms with van der Waals surface area (Å²) in [6.45, 7) is 3.58. The van der Waals surface area contributed by atoms with Crippen LogP contribution in [0.3, 0.4) is 0 Å². The highest BCUT2D eigenvalue weighted by molar-refractivity contribution is 6.19. The van der Waals surface area contributed by atoms with Gasteiger partial charge in [0.05, 0.1) is 0 Å². The van der Waals surface area contributed by atoms with Gasteiger partial charge in [-0.05, 0) is 31.0 Å². The summed E-state index contributed by atoms with van der Waals surface area (Å²) in [4.78, 5) is 11.1. The van der Waals surface area contributed by atoms with Crippen LogP contribution in [-0.4, -0.2) is 11.7 Å². The van der Waals surface area contributed by atoms with E-state index in [9.17, 15) is 4.79 Å². The van der Waals surface area contributed by atoms with Crippen LogP contribution in [0.4, 0.5) is 0 Å². The molecule has 0 atom stereocenters. The number of aryl methyl sites for hydroxylation is 1. The van der Waals surface area contributed by atoms with E-state index < -0.39 is 0 Å². The van der Waals surface area contributed by atoms with Crippen LogP contribution >= 0.6 is 11.6 Å². The summed E-state index contributed by atoms with van der Waals surface area (Å²) in [5.74, 6) is 0.578. The van der Waals surface area contributed by atoms with Gasteiger partial charge in [0.2, 0.25) is 0 Å². The highest BCUT2D eigenvalue weighted by Gasteiger charge is 2.01. The van der Waals surface area contributed by atoms with Gasteiger partial charge in [0.15, 0.2) is 5.78 Å². The Balaban J connectivity index is 3.08. The number of rotatable bonds is 3. The lowest BCUT2D eigenvalue weighted by molar-refractivity contribution is 0.101. The molecule has 1 nitrogen and oxygen atoms in total. The summed E-state index contributed by atoms with van der Waals surface area (Å²) < 4.78 is 0. The first-order valence-electron chi connectivity index (χ1n) is 4.49. The summed E-state index contributed by atoms with van der Waals surface area (Å²) in [7, 11) is 0. The van der Waals surface area contributed by atoms with Crippen molar-refractivity contribution in [2.45, 2.75) is 13.8 Å². The molecule has 0 N–H and O–H groups in total. The van der Waals surface area contributed by atoms with Crippen LogP contribution in [0, 0.1) is 6.92 Å². The van der Waals surface area contributed by atoms with Gasteiger partial charge in [-0.2, -0.15) is 0 Å². The fourth-order valence-electron chi connectivity index (χ4n) is 1.21. The van der Waals surface area contributed by atoms with Gasteiger partial charge in [-0.15, -0.1) is 11.6 Å². The molecule has 0 aliphatic carbocycles. The molecule has 0 spiro atoms. The Bertz CT molecular complexity index is 367. The average molecular weight is 209 g/mol. The first-order chi connectivity index (χ1) is 6.65. The van der Waals surface area contributed by atoms with E-state index >= 15 is 0 Å². The minimum Gasteiger partial charge on any atom is -0.295 e. The van der Waals surface area contributed by atoms with Crippen LogP contribution in [-0.2, 0) is 0 Å². The number of Topliss-reactive ketones (excluding diaryl/α,β-unsaturated/α-hetero) is 1. The van der Waals surface area contributed by atoms with Gasteiger partial charge in [0.25, 0.3) is 0 Å². The molecule has 1 aromatic rings. The molecule has 0 heterocycles.